The molecule has 8 heteroatoms. The molecule has 2 saturated carbocycles. The fourth-order valence-electron chi connectivity index (χ4n) is 4.56. The number of halogens is 2. The van der Waals surface area contributed by atoms with Gasteiger partial charge in [-0.1, -0.05) is 0 Å². The molecule has 0 saturated heterocycles. The first kappa shape index (κ1) is 21.5. The number of hydrogen-bond acceptors (Lipinski definition) is 6. The van der Waals surface area contributed by atoms with Crippen molar-refractivity contribution in [2.75, 3.05) is 20.3 Å². The molecule has 6 nitrogen and oxygen atoms in total. The Kier molecular flexibility index (Phi) is 7.31. The van der Waals surface area contributed by atoms with E-state index in [0.717, 1.165) is 5.69 Å². The quantitative estimate of drug-likeness (QED) is 0.617. The van der Waals surface area contributed by atoms with Crippen molar-refractivity contribution in [1.29, 1.82) is 0 Å². The molecule has 4 atom stereocenters. The highest BCUT2D eigenvalue weighted by Crippen LogP contribution is 2.37. The zero-order chi connectivity index (χ0) is 20.1. The molecule has 3 N–H and O–H groups in total. The molecule has 1 heterocycles. The Hall–Kier alpha value is -1.22. The van der Waals surface area contributed by atoms with Crippen molar-refractivity contribution in [3.8, 4) is 0 Å². The highest BCUT2D eigenvalue weighted by Gasteiger charge is 2.44. The second-order valence-electron chi connectivity index (χ2n) is 8.13. The maximum absolute atomic E-state index is 13.4. The Balaban J connectivity index is 1.67. The number of alkyl halides is 2. The van der Waals surface area contributed by atoms with Crippen molar-refractivity contribution in [2.45, 2.75) is 69.1 Å². The Labute approximate surface area is 164 Å². The summed E-state index contributed by atoms with van der Waals surface area (Å²) >= 11 is 0. The number of ether oxygens (including phenoxy) is 1. The Bertz CT molecular complexity index is 624. The van der Waals surface area contributed by atoms with Crippen LogP contribution in [-0.2, 0) is 17.6 Å². The highest BCUT2D eigenvalue weighted by molar-refractivity contribution is 5.08. The van der Waals surface area contributed by atoms with Gasteiger partial charge >= 0.3 is 0 Å². The zero-order valence-electron chi connectivity index (χ0n) is 16.4. The standard InChI is InChI=1S/C20H31F2N3O3/c1-28-9-5-19-23-8-4-14(25-19)10-15-16(12-26)18(27)11-17(15)24-13-2-6-20(21,22)7-3-13/h4,8,13,15-18,24,26-27H,2-3,5-7,9-12H2,1H3. The maximum atomic E-state index is 13.4. The topological polar surface area (TPSA) is 87.5 Å². The minimum atomic E-state index is -2.56. The predicted molar refractivity (Wildman–Crippen MR) is 100 cm³/mol. The average molecular weight is 399 g/mol. The molecule has 0 aromatic carbocycles. The first-order chi connectivity index (χ1) is 13.4. The first-order valence-electron chi connectivity index (χ1n) is 10.1. The third-order valence-corrected chi connectivity index (χ3v) is 6.17. The van der Waals surface area contributed by atoms with E-state index >= 15 is 0 Å². The van der Waals surface area contributed by atoms with Gasteiger partial charge in [0.2, 0.25) is 5.92 Å². The maximum Gasteiger partial charge on any atom is 0.248 e. The van der Waals surface area contributed by atoms with Crippen LogP contribution in [0, 0.1) is 11.8 Å². The van der Waals surface area contributed by atoms with E-state index in [0.29, 0.717) is 44.5 Å². The van der Waals surface area contributed by atoms with Gasteiger partial charge in [-0.2, -0.15) is 0 Å². The number of rotatable bonds is 8. The molecule has 4 unspecified atom stereocenters. The van der Waals surface area contributed by atoms with Gasteiger partial charge in [0.15, 0.2) is 0 Å². The molecule has 0 amide bonds. The number of aliphatic hydroxyl groups excluding tert-OH is 2. The summed E-state index contributed by atoms with van der Waals surface area (Å²) in [6, 6.07) is 1.86. The molecular formula is C20H31F2N3O3. The zero-order valence-corrected chi connectivity index (χ0v) is 16.4. The van der Waals surface area contributed by atoms with Gasteiger partial charge < -0.3 is 20.3 Å². The van der Waals surface area contributed by atoms with E-state index in [1.54, 1.807) is 13.3 Å². The van der Waals surface area contributed by atoms with E-state index in [4.69, 9.17) is 4.74 Å². The summed E-state index contributed by atoms with van der Waals surface area (Å²) in [5.41, 5.74) is 0.862. The largest absolute Gasteiger partial charge is 0.396 e. The summed E-state index contributed by atoms with van der Waals surface area (Å²) in [6.07, 6.45) is 3.54. The van der Waals surface area contributed by atoms with E-state index in [1.807, 2.05) is 6.07 Å². The molecule has 28 heavy (non-hydrogen) atoms. The lowest BCUT2D eigenvalue weighted by atomic mass is 9.87. The Morgan fingerprint density at radius 2 is 2.04 bits per heavy atom. The fourth-order valence-corrected chi connectivity index (χ4v) is 4.56. The van der Waals surface area contributed by atoms with Crippen molar-refractivity contribution >= 4 is 0 Å². The lowest BCUT2D eigenvalue weighted by Gasteiger charge is -2.33. The normalized spacial score (nSPS) is 30.6. The number of nitrogens with one attached hydrogen (secondary N) is 1. The number of methoxy groups -OCH3 is 1. The van der Waals surface area contributed by atoms with Crippen LogP contribution in [0.25, 0.3) is 0 Å². The highest BCUT2D eigenvalue weighted by atomic mass is 19.3. The third-order valence-electron chi connectivity index (χ3n) is 6.17. The molecule has 2 aliphatic carbocycles. The molecule has 0 spiro atoms. The van der Waals surface area contributed by atoms with Crippen molar-refractivity contribution in [3.63, 3.8) is 0 Å². The molecule has 3 rings (SSSR count). The van der Waals surface area contributed by atoms with Crippen LogP contribution in [0.4, 0.5) is 8.78 Å². The van der Waals surface area contributed by atoms with Crippen molar-refractivity contribution in [2.24, 2.45) is 11.8 Å². The van der Waals surface area contributed by atoms with Gasteiger partial charge in [0.25, 0.3) is 0 Å². The molecule has 0 aliphatic heterocycles. The smallest absolute Gasteiger partial charge is 0.248 e. The minimum Gasteiger partial charge on any atom is -0.396 e. The molecule has 1 aromatic rings. The van der Waals surface area contributed by atoms with E-state index in [1.165, 1.54) is 0 Å². The summed E-state index contributed by atoms with van der Waals surface area (Å²) in [6.45, 7) is 0.440. The van der Waals surface area contributed by atoms with Crippen LogP contribution in [0.5, 0.6) is 0 Å². The molecular weight excluding hydrogens is 368 g/mol. The number of nitrogens with zero attached hydrogens (tertiary/aromatic N) is 2. The molecule has 1 aromatic heterocycles. The second kappa shape index (κ2) is 9.52. The number of aromatic nitrogens is 2. The minimum absolute atomic E-state index is 0.00684. The van der Waals surface area contributed by atoms with Crippen LogP contribution in [0.3, 0.4) is 0 Å². The van der Waals surface area contributed by atoms with Crippen molar-refractivity contribution < 1.29 is 23.7 Å². The SMILES string of the molecule is COCCc1nccc(CC2C(NC3CCC(F)(F)CC3)CC(O)C2CO)n1. The lowest BCUT2D eigenvalue weighted by molar-refractivity contribution is -0.0417. The van der Waals surface area contributed by atoms with E-state index < -0.39 is 12.0 Å². The van der Waals surface area contributed by atoms with Crippen LogP contribution in [0.15, 0.2) is 12.3 Å². The van der Waals surface area contributed by atoms with Gasteiger partial charge in [-0.25, -0.2) is 18.7 Å². The van der Waals surface area contributed by atoms with Gasteiger partial charge in [0.05, 0.1) is 12.7 Å². The molecule has 2 aliphatic rings. The van der Waals surface area contributed by atoms with Crippen LogP contribution in [0.1, 0.15) is 43.6 Å². The van der Waals surface area contributed by atoms with Gasteiger partial charge in [-0.15, -0.1) is 0 Å². The molecule has 2 fully saturated rings. The van der Waals surface area contributed by atoms with Gasteiger partial charge in [0, 0.05) is 62.9 Å². The van der Waals surface area contributed by atoms with E-state index in [-0.39, 0.29) is 43.4 Å². The Morgan fingerprint density at radius 1 is 1.29 bits per heavy atom. The summed E-state index contributed by atoms with van der Waals surface area (Å²) in [4.78, 5) is 8.84. The Morgan fingerprint density at radius 3 is 2.71 bits per heavy atom. The van der Waals surface area contributed by atoms with Crippen molar-refractivity contribution in [1.82, 2.24) is 15.3 Å². The molecule has 0 bridgehead atoms. The van der Waals surface area contributed by atoms with Crippen LogP contribution in [0.2, 0.25) is 0 Å². The van der Waals surface area contributed by atoms with Crippen LogP contribution in [-0.4, -0.2) is 64.6 Å². The van der Waals surface area contributed by atoms with Crippen LogP contribution >= 0.6 is 0 Å². The van der Waals surface area contributed by atoms with Gasteiger partial charge in [-0.3, -0.25) is 0 Å². The monoisotopic (exact) mass is 399 g/mol. The molecule has 158 valence electrons. The van der Waals surface area contributed by atoms with E-state index in [9.17, 15) is 19.0 Å². The first-order valence-corrected chi connectivity index (χ1v) is 10.1. The van der Waals surface area contributed by atoms with Gasteiger partial charge in [-0.05, 0) is 37.7 Å². The van der Waals surface area contributed by atoms with E-state index in [2.05, 4.69) is 15.3 Å². The predicted octanol–water partition coefficient (Wildman–Crippen LogP) is 1.73. The molecule has 0 radical (unpaired) electrons. The fraction of sp³-hybridized carbons (Fsp3) is 0.800. The average Bonchev–Trinajstić information content (AvgIpc) is 2.96. The van der Waals surface area contributed by atoms with Crippen molar-refractivity contribution in [3.05, 3.63) is 23.8 Å². The summed E-state index contributed by atoms with van der Waals surface area (Å²) < 4.78 is 31.9. The second-order valence-corrected chi connectivity index (χ2v) is 8.13. The number of aliphatic hydroxyl groups is 2. The summed E-state index contributed by atoms with van der Waals surface area (Å²) in [7, 11) is 1.63. The summed E-state index contributed by atoms with van der Waals surface area (Å²) in [5.74, 6) is -2.11. The van der Waals surface area contributed by atoms with Gasteiger partial charge in [0.1, 0.15) is 5.82 Å². The van der Waals surface area contributed by atoms with Crippen LogP contribution < -0.4 is 5.32 Å². The number of hydrogen-bond donors (Lipinski definition) is 3. The third kappa shape index (κ3) is 5.43. The summed E-state index contributed by atoms with van der Waals surface area (Å²) in [5, 5.41) is 23.7. The lowest BCUT2D eigenvalue weighted by Crippen LogP contribution is -2.45.